The van der Waals surface area contributed by atoms with Gasteiger partial charge in [0.15, 0.2) is 11.5 Å². The molecule has 0 aliphatic carbocycles. The Bertz CT molecular complexity index is 1290. The molecule has 8 heteroatoms. The van der Waals surface area contributed by atoms with Crippen molar-refractivity contribution in [1.29, 1.82) is 0 Å². The average Bonchev–Trinajstić information content (AvgIpc) is 3.19. The molecule has 158 valence electrons. The van der Waals surface area contributed by atoms with Crippen molar-refractivity contribution in [2.75, 3.05) is 26.5 Å². The number of carbonyl (C=O) groups is 1. The van der Waals surface area contributed by atoms with Crippen molar-refractivity contribution in [2.24, 2.45) is 0 Å². The summed E-state index contributed by atoms with van der Waals surface area (Å²) in [5, 5.41) is 1.68. The van der Waals surface area contributed by atoms with Crippen LogP contribution in [-0.4, -0.2) is 52.3 Å². The highest BCUT2D eigenvalue weighted by Crippen LogP contribution is 2.37. The van der Waals surface area contributed by atoms with Gasteiger partial charge in [-0.1, -0.05) is 36.0 Å². The minimum absolute atomic E-state index is 0.116. The minimum atomic E-state index is 0.116. The Kier molecular flexibility index (Phi) is 5.15. The van der Waals surface area contributed by atoms with Crippen LogP contribution in [0.25, 0.3) is 21.9 Å². The number of H-pyrrole nitrogens is 1. The summed E-state index contributed by atoms with van der Waals surface area (Å²) in [6, 6.07) is 12.1. The zero-order valence-corrected chi connectivity index (χ0v) is 18.2. The second kappa shape index (κ2) is 8.11. The lowest BCUT2D eigenvalue weighted by Gasteiger charge is -2.28. The molecular weight excluding hydrogens is 412 g/mol. The first-order valence-corrected chi connectivity index (χ1v) is 11.0. The standard InChI is InChI=1S/C23H22N4O3S/c1-29-18-9-16-17(10-19(18)30-2)26-22-21(16)24-13-25-23(22)31-12-20(28)27-8-7-14-5-3-4-6-15(14)11-27/h3-6,9-10,13,26H,7-8,11-12H2,1-2H3. The Morgan fingerprint density at radius 2 is 1.90 bits per heavy atom. The maximum Gasteiger partial charge on any atom is 0.233 e. The fourth-order valence-corrected chi connectivity index (χ4v) is 4.90. The third-order valence-corrected chi connectivity index (χ3v) is 6.64. The normalized spacial score (nSPS) is 13.4. The lowest BCUT2D eigenvalue weighted by molar-refractivity contribution is -0.129. The van der Waals surface area contributed by atoms with E-state index in [-0.39, 0.29) is 5.91 Å². The highest BCUT2D eigenvalue weighted by Gasteiger charge is 2.21. The second-order valence-electron chi connectivity index (χ2n) is 7.40. The molecule has 5 rings (SSSR count). The number of nitrogens with one attached hydrogen (secondary N) is 1. The molecule has 1 amide bonds. The van der Waals surface area contributed by atoms with Crippen molar-refractivity contribution in [3.8, 4) is 11.5 Å². The van der Waals surface area contributed by atoms with E-state index in [1.54, 1.807) is 14.2 Å². The molecule has 0 bridgehead atoms. The minimum Gasteiger partial charge on any atom is -0.493 e. The van der Waals surface area contributed by atoms with Crippen LogP contribution in [0.5, 0.6) is 11.5 Å². The van der Waals surface area contributed by atoms with E-state index in [4.69, 9.17) is 9.47 Å². The SMILES string of the molecule is COc1cc2[nH]c3c(SCC(=O)N4CCc5ccccc5C4)ncnc3c2cc1OC. The second-order valence-corrected chi connectivity index (χ2v) is 8.37. The third-order valence-electron chi connectivity index (χ3n) is 5.67. The number of hydrogen-bond donors (Lipinski definition) is 1. The van der Waals surface area contributed by atoms with Crippen molar-refractivity contribution >= 4 is 39.6 Å². The Morgan fingerprint density at radius 3 is 2.71 bits per heavy atom. The quantitative estimate of drug-likeness (QED) is 0.380. The summed E-state index contributed by atoms with van der Waals surface area (Å²) in [5.41, 5.74) is 5.06. The number of amides is 1. The number of thioether (sulfide) groups is 1. The van der Waals surface area contributed by atoms with Gasteiger partial charge in [0, 0.05) is 24.5 Å². The fraction of sp³-hybridized carbons (Fsp3) is 0.261. The van der Waals surface area contributed by atoms with Gasteiger partial charge in [0.1, 0.15) is 16.9 Å². The molecular formula is C23H22N4O3S. The van der Waals surface area contributed by atoms with Gasteiger partial charge < -0.3 is 19.4 Å². The van der Waals surface area contributed by atoms with Crippen molar-refractivity contribution in [3.63, 3.8) is 0 Å². The number of benzene rings is 2. The molecule has 1 aliphatic rings. The Balaban J connectivity index is 1.39. The number of fused-ring (bicyclic) bond motifs is 4. The molecule has 0 radical (unpaired) electrons. The molecule has 3 heterocycles. The molecule has 1 N–H and O–H groups in total. The van der Waals surface area contributed by atoms with Crippen LogP contribution in [0.4, 0.5) is 0 Å². The Labute approximate surface area is 183 Å². The largest absolute Gasteiger partial charge is 0.493 e. The van der Waals surface area contributed by atoms with Crippen molar-refractivity contribution in [3.05, 3.63) is 53.9 Å². The van der Waals surface area contributed by atoms with E-state index in [2.05, 4.69) is 33.2 Å². The number of aromatic nitrogens is 3. The van der Waals surface area contributed by atoms with Gasteiger partial charge in [-0.15, -0.1) is 0 Å². The molecule has 31 heavy (non-hydrogen) atoms. The van der Waals surface area contributed by atoms with Crippen LogP contribution in [0.3, 0.4) is 0 Å². The van der Waals surface area contributed by atoms with Gasteiger partial charge in [0.05, 0.1) is 31.0 Å². The number of aromatic amines is 1. The number of hydrogen-bond acceptors (Lipinski definition) is 6. The number of carbonyl (C=O) groups excluding carboxylic acids is 1. The zero-order valence-electron chi connectivity index (χ0n) is 17.3. The van der Waals surface area contributed by atoms with Crippen LogP contribution >= 0.6 is 11.8 Å². The van der Waals surface area contributed by atoms with Crippen molar-refractivity contribution < 1.29 is 14.3 Å². The molecule has 2 aromatic carbocycles. The topological polar surface area (TPSA) is 80.3 Å². The lowest BCUT2D eigenvalue weighted by atomic mass is 10.00. The Hall–Kier alpha value is -3.26. The molecule has 0 spiro atoms. The van der Waals surface area contributed by atoms with Crippen LogP contribution in [0.2, 0.25) is 0 Å². The van der Waals surface area contributed by atoms with Gasteiger partial charge in [-0.2, -0.15) is 0 Å². The number of rotatable bonds is 5. The molecule has 0 fully saturated rings. The first-order valence-electron chi connectivity index (χ1n) is 10.0. The maximum atomic E-state index is 12.9. The highest BCUT2D eigenvalue weighted by atomic mass is 32.2. The van der Waals surface area contributed by atoms with E-state index < -0.39 is 0 Å². The first-order chi connectivity index (χ1) is 15.2. The van der Waals surface area contributed by atoms with Crippen molar-refractivity contribution in [2.45, 2.75) is 18.0 Å². The zero-order chi connectivity index (χ0) is 21.4. The van der Waals surface area contributed by atoms with Crippen molar-refractivity contribution in [1.82, 2.24) is 19.9 Å². The summed E-state index contributed by atoms with van der Waals surface area (Å²) in [6.07, 6.45) is 2.44. The van der Waals surface area contributed by atoms with E-state index in [0.29, 0.717) is 23.8 Å². The maximum absolute atomic E-state index is 12.9. The van der Waals surface area contributed by atoms with Crippen LogP contribution in [0.15, 0.2) is 47.8 Å². The van der Waals surface area contributed by atoms with Gasteiger partial charge in [0.2, 0.25) is 5.91 Å². The molecule has 4 aromatic rings. The summed E-state index contributed by atoms with van der Waals surface area (Å²) in [5.74, 6) is 1.73. The summed E-state index contributed by atoms with van der Waals surface area (Å²) >= 11 is 1.43. The van der Waals surface area contributed by atoms with Crippen LogP contribution < -0.4 is 9.47 Å². The number of methoxy groups -OCH3 is 2. The molecule has 0 saturated heterocycles. The monoisotopic (exact) mass is 434 g/mol. The predicted molar refractivity (Wildman–Crippen MR) is 121 cm³/mol. The summed E-state index contributed by atoms with van der Waals surface area (Å²) in [7, 11) is 3.22. The molecule has 0 atom stereocenters. The first kappa shape index (κ1) is 19.7. The van der Waals surface area contributed by atoms with E-state index in [9.17, 15) is 4.79 Å². The lowest BCUT2D eigenvalue weighted by Crippen LogP contribution is -2.37. The molecule has 7 nitrogen and oxygen atoms in total. The number of nitrogens with zero attached hydrogens (tertiary/aromatic N) is 3. The fourth-order valence-electron chi connectivity index (χ4n) is 4.04. The van der Waals surface area contributed by atoms with Gasteiger partial charge in [-0.25, -0.2) is 9.97 Å². The van der Waals surface area contributed by atoms with E-state index >= 15 is 0 Å². The average molecular weight is 435 g/mol. The summed E-state index contributed by atoms with van der Waals surface area (Å²) in [4.78, 5) is 27.1. The van der Waals surface area contributed by atoms with Crippen LogP contribution in [-0.2, 0) is 17.8 Å². The van der Waals surface area contributed by atoms with Crippen LogP contribution in [0.1, 0.15) is 11.1 Å². The van der Waals surface area contributed by atoms with Crippen LogP contribution in [0, 0.1) is 0 Å². The van der Waals surface area contributed by atoms with E-state index in [1.807, 2.05) is 23.1 Å². The molecule has 0 saturated carbocycles. The molecule has 1 aliphatic heterocycles. The van der Waals surface area contributed by atoms with Gasteiger partial charge in [-0.05, 0) is 23.6 Å². The third kappa shape index (κ3) is 3.57. The van der Waals surface area contributed by atoms with Gasteiger partial charge in [0.25, 0.3) is 0 Å². The smallest absolute Gasteiger partial charge is 0.233 e. The Morgan fingerprint density at radius 1 is 1.13 bits per heavy atom. The van der Waals surface area contributed by atoms with Gasteiger partial charge in [-0.3, -0.25) is 4.79 Å². The predicted octanol–water partition coefficient (Wildman–Crippen LogP) is 3.81. The van der Waals surface area contributed by atoms with E-state index in [0.717, 1.165) is 39.9 Å². The number of ether oxygens (including phenoxy) is 2. The summed E-state index contributed by atoms with van der Waals surface area (Å²) in [6.45, 7) is 1.42. The molecule has 2 aromatic heterocycles. The molecule has 0 unspecified atom stereocenters. The van der Waals surface area contributed by atoms with Gasteiger partial charge >= 0.3 is 0 Å². The highest BCUT2D eigenvalue weighted by molar-refractivity contribution is 8.00. The summed E-state index contributed by atoms with van der Waals surface area (Å²) < 4.78 is 10.8. The van der Waals surface area contributed by atoms with E-state index in [1.165, 1.54) is 29.2 Å².